The van der Waals surface area contributed by atoms with E-state index in [1.54, 1.807) is 6.07 Å². The molecule has 0 aromatic heterocycles. The number of hydrogen-bond acceptors (Lipinski definition) is 3. The van der Waals surface area contributed by atoms with Gasteiger partial charge >= 0.3 is 0 Å². The van der Waals surface area contributed by atoms with Gasteiger partial charge in [0, 0.05) is 6.54 Å². The van der Waals surface area contributed by atoms with Gasteiger partial charge < -0.3 is 10.6 Å². The quantitative estimate of drug-likeness (QED) is 0.849. The Morgan fingerprint density at radius 1 is 1.38 bits per heavy atom. The first kappa shape index (κ1) is 16.3. The summed E-state index contributed by atoms with van der Waals surface area (Å²) in [7, 11) is 0. The Labute approximate surface area is 131 Å². The molecule has 1 aromatic carbocycles. The Morgan fingerprint density at radius 3 is 2.76 bits per heavy atom. The molecule has 1 fully saturated rings. The molecule has 1 aliphatic rings. The SMILES string of the molecule is CCN(CC(=O)Nc1ccccc1Cl)CC1CCNCC1. The lowest BCUT2D eigenvalue weighted by Gasteiger charge is -2.28. The normalized spacial score (nSPS) is 16.1. The fourth-order valence-electron chi connectivity index (χ4n) is 2.69. The topological polar surface area (TPSA) is 44.4 Å². The Bertz CT molecular complexity index is 461. The van der Waals surface area contributed by atoms with Crippen molar-refractivity contribution in [3.8, 4) is 0 Å². The summed E-state index contributed by atoms with van der Waals surface area (Å²) in [5.41, 5.74) is 0.682. The molecule has 21 heavy (non-hydrogen) atoms. The third kappa shape index (κ3) is 5.30. The first-order valence-electron chi connectivity index (χ1n) is 7.66. The number of amides is 1. The van der Waals surface area contributed by atoms with Crippen LogP contribution < -0.4 is 10.6 Å². The number of carbonyl (C=O) groups is 1. The number of nitrogens with one attached hydrogen (secondary N) is 2. The minimum absolute atomic E-state index is 0.00103. The second-order valence-corrected chi connectivity index (χ2v) is 5.96. The van der Waals surface area contributed by atoms with E-state index in [9.17, 15) is 4.79 Å². The molecule has 0 radical (unpaired) electrons. The van der Waals surface area contributed by atoms with Crippen LogP contribution in [-0.2, 0) is 4.79 Å². The molecule has 0 unspecified atom stereocenters. The molecule has 0 spiro atoms. The van der Waals surface area contributed by atoms with Gasteiger partial charge in [-0.15, -0.1) is 0 Å². The van der Waals surface area contributed by atoms with E-state index >= 15 is 0 Å². The van der Waals surface area contributed by atoms with Crippen molar-refractivity contribution in [1.82, 2.24) is 10.2 Å². The number of rotatable bonds is 6. The predicted octanol–water partition coefficient (Wildman–Crippen LogP) is 2.60. The molecule has 1 saturated heterocycles. The van der Waals surface area contributed by atoms with Crippen molar-refractivity contribution in [1.29, 1.82) is 0 Å². The second-order valence-electron chi connectivity index (χ2n) is 5.55. The van der Waals surface area contributed by atoms with Crippen LogP contribution in [-0.4, -0.2) is 43.5 Å². The van der Waals surface area contributed by atoms with Gasteiger partial charge in [0.15, 0.2) is 0 Å². The lowest BCUT2D eigenvalue weighted by molar-refractivity contribution is -0.117. The lowest BCUT2D eigenvalue weighted by Crippen LogP contribution is -2.39. The van der Waals surface area contributed by atoms with Crippen LogP contribution in [0.1, 0.15) is 19.8 Å². The average Bonchev–Trinajstić information content (AvgIpc) is 2.50. The first-order chi connectivity index (χ1) is 10.2. The Hall–Kier alpha value is -1.10. The molecule has 0 atom stereocenters. The van der Waals surface area contributed by atoms with Crippen molar-refractivity contribution >= 4 is 23.2 Å². The van der Waals surface area contributed by atoms with Crippen LogP contribution in [0.2, 0.25) is 5.02 Å². The van der Waals surface area contributed by atoms with Crippen molar-refractivity contribution < 1.29 is 4.79 Å². The molecule has 2 rings (SSSR count). The zero-order valence-corrected chi connectivity index (χ0v) is 13.3. The van der Waals surface area contributed by atoms with Crippen LogP contribution in [0.25, 0.3) is 0 Å². The fraction of sp³-hybridized carbons (Fsp3) is 0.562. The zero-order chi connectivity index (χ0) is 15.1. The van der Waals surface area contributed by atoms with E-state index < -0.39 is 0 Å². The number of hydrogen-bond donors (Lipinski definition) is 2. The highest BCUT2D eigenvalue weighted by molar-refractivity contribution is 6.33. The van der Waals surface area contributed by atoms with E-state index in [1.165, 1.54) is 12.8 Å². The van der Waals surface area contributed by atoms with Gasteiger partial charge in [0.2, 0.25) is 5.91 Å². The predicted molar refractivity (Wildman–Crippen MR) is 87.8 cm³/mol. The summed E-state index contributed by atoms with van der Waals surface area (Å²) in [6.45, 7) is 6.59. The van der Waals surface area contributed by atoms with Crippen molar-refractivity contribution in [2.75, 3.05) is 38.0 Å². The van der Waals surface area contributed by atoms with Crippen molar-refractivity contribution in [2.45, 2.75) is 19.8 Å². The lowest BCUT2D eigenvalue weighted by atomic mass is 9.97. The van der Waals surface area contributed by atoms with E-state index in [-0.39, 0.29) is 5.91 Å². The summed E-state index contributed by atoms with van der Waals surface area (Å²) in [5.74, 6) is 0.693. The smallest absolute Gasteiger partial charge is 0.238 e. The van der Waals surface area contributed by atoms with Gasteiger partial charge in [-0.3, -0.25) is 9.69 Å². The fourth-order valence-corrected chi connectivity index (χ4v) is 2.87. The number of piperidine rings is 1. The van der Waals surface area contributed by atoms with Crippen molar-refractivity contribution in [3.05, 3.63) is 29.3 Å². The molecule has 0 aliphatic carbocycles. The highest BCUT2D eigenvalue weighted by Crippen LogP contribution is 2.20. The minimum Gasteiger partial charge on any atom is -0.324 e. The highest BCUT2D eigenvalue weighted by atomic mass is 35.5. The molecule has 1 amide bonds. The molecule has 4 nitrogen and oxygen atoms in total. The minimum atomic E-state index is -0.00103. The third-order valence-electron chi connectivity index (χ3n) is 3.94. The molecule has 0 saturated carbocycles. The van der Waals surface area contributed by atoms with Crippen LogP contribution >= 0.6 is 11.6 Å². The Morgan fingerprint density at radius 2 is 2.10 bits per heavy atom. The second kappa shape index (κ2) is 8.37. The largest absolute Gasteiger partial charge is 0.324 e. The van der Waals surface area contributed by atoms with Gasteiger partial charge in [-0.25, -0.2) is 0 Å². The third-order valence-corrected chi connectivity index (χ3v) is 4.27. The number of likely N-dealkylation sites (N-methyl/N-ethyl adjacent to an activating group) is 1. The van der Waals surface area contributed by atoms with Gasteiger partial charge in [-0.1, -0.05) is 30.7 Å². The average molecular weight is 310 g/mol. The van der Waals surface area contributed by atoms with Gasteiger partial charge in [0.05, 0.1) is 17.3 Å². The molecular weight excluding hydrogens is 286 g/mol. The number of carbonyl (C=O) groups excluding carboxylic acids is 1. The van der Waals surface area contributed by atoms with E-state index in [0.29, 0.717) is 23.2 Å². The monoisotopic (exact) mass is 309 g/mol. The number of halogens is 1. The molecule has 2 N–H and O–H groups in total. The summed E-state index contributed by atoms with van der Waals surface area (Å²) in [5, 5.41) is 6.84. The van der Waals surface area contributed by atoms with E-state index in [1.807, 2.05) is 18.2 Å². The number of para-hydroxylation sites is 1. The van der Waals surface area contributed by atoms with Crippen molar-refractivity contribution in [3.63, 3.8) is 0 Å². The Kier molecular flexibility index (Phi) is 6.49. The van der Waals surface area contributed by atoms with Crippen molar-refractivity contribution in [2.24, 2.45) is 5.92 Å². The molecule has 1 heterocycles. The maximum absolute atomic E-state index is 12.2. The van der Waals surface area contributed by atoms with Crippen LogP contribution in [0, 0.1) is 5.92 Å². The van der Waals surface area contributed by atoms with Gasteiger partial charge in [-0.05, 0) is 50.5 Å². The summed E-state index contributed by atoms with van der Waals surface area (Å²) in [4.78, 5) is 14.4. The maximum Gasteiger partial charge on any atom is 0.238 e. The molecule has 1 aliphatic heterocycles. The number of anilines is 1. The van der Waals surface area contributed by atoms with Crippen LogP contribution in [0.15, 0.2) is 24.3 Å². The highest BCUT2D eigenvalue weighted by Gasteiger charge is 2.18. The molecule has 5 heteroatoms. The first-order valence-corrected chi connectivity index (χ1v) is 8.04. The molecule has 0 bridgehead atoms. The molecule has 116 valence electrons. The van der Waals surface area contributed by atoms with Crippen LogP contribution in [0.3, 0.4) is 0 Å². The maximum atomic E-state index is 12.2. The number of benzene rings is 1. The standard InChI is InChI=1S/C16H24ClN3O/c1-2-20(11-13-7-9-18-10-8-13)12-16(21)19-15-6-4-3-5-14(15)17/h3-6,13,18H,2,7-12H2,1H3,(H,19,21). The summed E-state index contributed by atoms with van der Waals surface area (Å²) in [6.07, 6.45) is 2.39. The summed E-state index contributed by atoms with van der Waals surface area (Å²) in [6, 6.07) is 7.33. The molecule has 1 aromatic rings. The van der Waals surface area contributed by atoms with Gasteiger partial charge in [0.25, 0.3) is 0 Å². The summed E-state index contributed by atoms with van der Waals surface area (Å²) >= 11 is 6.06. The number of nitrogens with zero attached hydrogens (tertiary/aromatic N) is 1. The summed E-state index contributed by atoms with van der Waals surface area (Å²) < 4.78 is 0. The van der Waals surface area contributed by atoms with E-state index in [2.05, 4.69) is 22.5 Å². The van der Waals surface area contributed by atoms with E-state index in [0.717, 1.165) is 26.2 Å². The zero-order valence-electron chi connectivity index (χ0n) is 12.6. The Balaban J connectivity index is 1.83. The van der Waals surface area contributed by atoms with Gasteiger partial charge in [0.1, 0.15) is 0 Å². The van der Waals surface area contributed by atoms with E-state index in [4.69, 9.17) is 11.6 Å². The van der Waals surface area contributed by atoms with Crippen LogP contribution in [0.5, 0.6) is 0 Å². The van der Waals surface area contributed by atoms with Gasteiger partial charge in [-0.2, -0.15) is 0 Å². The molecular formula is C16H24ClN3O. The van der Waals surface area contributed by atoms with Crippen LogP contribution in [0.4, 0.5) is 5.69 Å².